The van der Waals surface area contributed by atoms with E-state index in [0.29, 0.717) is 6.54 Å². The summed E-state index contributed by atoms with van der Waals surface area (Å²) in [6, 6.07) is 17.3. The highest BCUT2D eigenvalue weighted by atomic mass is 16.5. The van der Waals surface area contributed by atoms with Crippen molar-refractivity contribution < 1.29 is 9.53 Å². The van der Waals surface area contributed by atoms with Gasteiger partial charge in [-0.1, -0.05) is 53.7 Å². The Morgan fingerprint density at radius 1 is 1.16 bits per heavy atom. The highest BCUT2D eigenvalue weighted by molar-refractivity contribution is 5.92. The van der Waals surface area contributed by atoms with Gasteiger partial charge in [-0.25, -0.2) is 4.68 Å². The van der Waals surface area contributed by atoms with Gasteiger partial charge in [0.05, 0.1) is 25.9 Å². The number of hydrogen-bond donors (Lipinski definition) is 1. The first-order valence-electron chi connectivity index (χ1n) is 8.05. The summed E-state index contributed by atoms with van der Waals surface area (Å²) < 4.78 is 6.99. The Bertz CT molecular complexity index is 845. The van der Waals surface area contributed by atoms with Crippen LogP contribution in [0.1, 0.15) is 34.6 Å². The maximum atomic E-state index is 12.4. The van der Waals surface area contributed by atoms with Crippen molar-refractivity contribution in [2.24, 2.45) is 0 Å². The molecule has 3 rings (SSSR count). The summed E-state index contributed by atoms with van der Waals surface area (Å²) in [7, 11) is 1.61. The Morgan fingerprint density at radius 3 is 2.64 bits per heavy atom. The molecule has 0 aliphatic carbocycles. The molecule has 0 spiro atoms. The molecule has 6 nitrogen and oxygen atoms in total. The lowest BCUT2D eigenvalue weighted by atomic mass is 10.1. The molecule has 25 heavy (non-hydrogen) atoms. The van der Waals surface area contributed by atoms with Gasteiger partial charge in [-0.3, -0.25) is 4.79 Å². The van der Waals surface area contributed by atoms with Crippen LogP contribution in [0.2, 0.25) is 0 Å². The zero-order valence-electron chi connectivity index (χ0n) is 14.2. The Hall–Kier alpha value is -3.15. The Balaban J connectivity index is 1.67. The van der Waals surface area contributed by atoms with Crippen molar-refractivity contribution in [2.45, 2.75) is 19.5 Å². The topological polar surface area (TPSA) is 69.0 Å². The van der Waals surface area contributed by atoms with Crippen LogP contribution in [0.15, 0.2) is 60.8 Å². The summed E-state index contributed by atoms with van der Waals surface area (Å²) >= 11 is 0. The summed E-state index contributed by atoms with van der Waals surface area (Å²) in [6.45, 7) is 2.48. The molecule has 2 aromatic carbocycles. The smallest absolute Gasteiger partial charge is 0.273 e. The number of amides is 1. The van der Waals surface area contributed by atoms with Crippen LogP contribution in [0.4, 0.5) is 0 Å². The van der Waals surface area contributed by atoms with Crippen molar-refractivity contribution in [1.82, 2.24) is 20.3 Å². The molecule has 1 N–H and O–H groups in total. The number of methoxy groups -OCH3 is 1. The predicted octanol–water partition coefficient (Wildman–Crippen LogP) is 2.83. The average molecular weight is 336 g/mol. The van der Waals surface area contributed by atoms with Gasteiger partial charge in [0.15, 0.2) is 5.69 Å². The summed E-state index contributed by atoms with van der Waals surface area (Å²) in [5.41, 5.74) is 2.30. The van der Waals surface area contributed by atoms with Crippen molar-refractivity contribution in [1.29, 1.82) is 0 Å². The highest BCUT2D eigenvalue weighted by Crippen LogP contribution is 2.24. The van der Waals surface area contributed by atoms with Crippen molar-refractivity contribution in [3.8, 4) is 5.75 Å². The minimum absolute atomic E-state index is 0.206. The fourth-order valence-electron chi connectivity index (χ4n) is 2.62. The maximum absolute atomic E-state index is 12.4. The molecule has 0 saturated carbocycles. The third-order valence-electron chi connectivity index (χ3n) is 3.91. The number of para-hydroxylation sites is 1. The first-order chi connectivity index (χ1) is 12.2. The zero-order valence-corrected chi connectivity index (χ0v) is 14.2. The highest BCUT2D eigenvalue weighted by Gasteiger charge is 2.17. The minimum Gasteiger partial charge on any atom is -0.496 e. The fraction of sp³-hybridized carbons (Fsp3) is 0.211. The molecule has 0 unspecified atom stereocenters. The lowest BCUT2D eigenvalue weighted by Crippen LogP contribution is -2.27. The number of nitrogens with one attached hydrogen (secondary N) is 1. The third kappa shape index (κ3) is 4.03. The summed E-state index contributed by atoms with van der Waals surface area (Å²) in [6.07, 6.45) is 1.65. The van der Waals surface area contributed by atoms with Gasteiger partial charge in [-0.15, -0.1) is 5.10 Å². The van der Waals surface area contributed by atoms with Crippen LogP contribution < -0.4 is 10.1 Å². The van der Waals surface area contributed by atoms with E-state index in [0.717, 1.165) is 16.9 Å². The molecule has 0 radical (unpaired) electrons. The molecule has 1 aromatic heterocycles. The summed E-state index contributed by atoms with van der Waals surface area (Å²) in [4.78, 5) is 12.4. The number of rotatable bonds is 6. The standard InChI is InChI=1S/C19H20N4O2/c1-14(16-10-6-7-11-18(16)25-2)20-19(24)17-13-23(22-21-17)12-15-8-4-3-5-9-15/h3-11,13-14H,12H2,1-2H3,(H,20,24)/t14-/m0/s1. The molecule has 0 aliphatic rings. The molecule has 0 saturated heterocycles. The van der Waals surface area contributed by atoms with Crippen LogP contribution >= 0.6 is 0 Å². The Labute approximate surface area is 146 Å². The zero-order chi connectivity index (χ0) is 17.6. The van der Waals surface area contributed by atoms with E-state index in [1.54, 1.807) is 18.0 Å². The van der Waals surface area contributed by atoms with Crippen molar-refractivity contribution in [3.63, 3.8) is 0 Å². The van der Waals surface area contributed by atoms with E-state index in [1.807, 2.05) is 61.5 Å². The maximum Gasteiger partial charge on any atom is 0.273 e. The van der Waals surface area contributed by atoms with E-state index < -0.39 is 0 Å². The van der Waals surface area contributed by atoms with Gasteiger partial charge >= 0.3 is 0 Å². The fourth-order valence-corrected chi connectivity index (χ4v) is 2.62. The first-order valence-corrected chi connectivity index (χ1v) is 8.05. The van der Waals surface area contributed by atoms with Crippen LogP contribution in [0.25, 0.3) is 0 Å². The lowest BCUT2D eigenvalue weighted by molar-refractivity contribution is 0.0934. The third-order valence-corrected chi connectivity index (χ3v) is 3.91. The quantitative estimate of drug-likeness (QED) is 0.751. The van der Waals surface area contributed by atoms with E-state index in [-0.39, 0.29) is 17.6 Å². The van der Waals surface area contributed by atoms with Crippen LogP contribution in [-0.2, 0) is 6.54 Å². The number of benzene rings is 2. The molecule has 1 heterocycles. The number of ether oxygens (including phenoxy) is 1. The number of hydrogen-bond acceptors (Lipinski definition) is 4. The van der Waals surface area contributed by atoms with Crippen LogP contribution in [0.5, 0.6) is 5.75 Å². The number of nitrogens with zero attached hydrogens (tertiary/aromatic N) is 3. The minimum atomic E-state index is -0.266. The average Bonchev–Trinajstić information content (AvgIpc) is 3.11. The van der Waals surface area contributed by atoms with Gasteiger partial charge in [0.25, 0.3) is 5.91 Å². The van der Waals surface area contributed by atoms with E-state index in [1.165, 1.54) is 0 Å². The van der Waals surface area contributed by atoms with Crippen LogP contribution in [-0.4, -0.2) is 28.0 Å². The van der Waals surface area contributed by atoms with Gasteiger partial charge in [0.1, 0.15) is 5.75 Å². The molecule has 1 amide bonds. The number of aromatic nitrogens is 3. The Kier molecular flexibility index (Phi) is 5.09. The number of carbonyl (C=O) groups excluding carboxylic acids is 1. The number of carbonyl (C=O) groups is 1. The second-order valence-corrected chi connectivity index (χ2v) is 5.72. The second kappa shape index (κ2) is 7.61. The van der Waals surface area contributed by atoms with Crippen molar-refractivity contribution >= 4 is 5.91 Å². The summed E-state index contributed by atoms with van der Waals surface area (Å²) in [5.74, 6) is 0.473. The van der Waals surface area contributed by atoms with Crippen molar-refractivity contribution in [3.05, 3.63) is 77.6 Å². The molecular formula is C19H20N4O2. The summed E-state index contributed by atoms with van der Waals surface area (Å²) in [5, 5.41) is 10.9. The molecular weight excluding hydrogens is 316 g/mol. The molecule has 6 heteroatoms. The molecule has 1 atom stereocenters. The van der Waals surface area contributed by atoms with E-state index >= 15 is 0 Å². The van der Waals surface area contributed by atoms with Gasteiger partial charge in [0.2, 0.25) is 0 Å². The molecule has 0 aliphatic heterocycles. The molecule has 0 fully saturated rings. The van der Waals surface area contributed by atoms with Gasteiger partial charge < -0.3 is 10.1 Å². The lowest BCUT2D eigenvalue weighted by Gasteiger charge is -2.16. The SMILES string of the molecule is COc1ccccc1[C@H](C)NC(=O)c1cn(Cc2ccccc2)nn1. The molecule has 0 bridgehead atoms. The van der Waals surface area contributed by atoms with E-state index in [4.69, 9.17) is 4.74 Å². The predicted molar refractivity (Wildman–Crippen MR) is 94.4 cm³/mol. The first kappa shape index (κ1) is 16.7. The van der Waals surface area contributed by atoms with Gasteiger partial charge in [-0.05, 0) is 18.6 Å². The monoisotopic (exact) mass is 336 g/mol. The van der Waals surface area contributed by atoms with Crippen LogP contribution in [0.3, 0.4) is 0 Å². The molecule has 3 aromatic rings. The van der Waals surface area contributed by atoms with Crippen LogP contribution in [0, 0.1) is 0 Å². The van der Waals surface area contributed by atoms with Gasteiger partial charge in [-0.2, -0.15) is 0 Å². The van der Waals surface area contributed by atoms with Gasteiger partial charge in [0, 0.05) is 5.56 Å². The Morgan fingerprint density at radius 2 is 1.88 bits per heavy atom. The van der Waals surface area contributed by atoms with E-state index in [9.17, 15) is 4.79 Å². The largest absolute Gasteiger partial charge is 0.496 e. The normalized spacial score (nSPS) is 11.8. The van der Waals surface area contributed by atoms with E-state index in [2.05, 4.69) is 15.6 Å². The second-order valence-electron chi connectivity index (χ2n) is 5.72. The van der Waals surface area contributed by atoms with Crippen molar-refractivity contribution in [2.75, 3.05) is 7.11 Å². The molecule has 128 valence electrons.